The molecule has 2 aromatic carbocycles. The molecular formula is C22H30N2O2. The third-order valence-corrected chi connectivity index (χ3v) is 5.54. The smallest absolute Gasteiger partial charge is 0.118 e. The highest BCUT2D eigenvalue weighted by Gasteiger charge is 2.29. The molecule has 1 heterocycles. The third kappa shape index (κ3) is 3.46. The van der Waals surface area contributed by atoms with Gasteiger partial charge in [-0.05, 0) is 74.2 Å². The van der Waals surface area contributed by atoms with Crippen LogP contribution in [0.3, 0.4) is 0 Å². The van der Waals surface area contributed by atoms with E-state index in [9.17, 15) is 10.2 Å². The molecule has 2 unspecified atom stereocenters. The van der Waals surface area contributed by atoms with Gasteiger partial charge < -0.3 is 20.0 Å². The van der Waals surface area contributed by atoms with Crippen LogP contribution in [0.5, 0.6) is 11.5 Å². The summed E-state index contributed by atoms with van der Waals surface area (Å²) in [4.78, 5) is 4.86. The number of phenols is 2. The number of aryl methyl sites for hydroxylation is 2. The molecule has 0 spiro atoms. The van der Waals surface area contributed by atoms with E-state index >= 15 is 0 Å². The summed E-state index contributed by atoms with van der Waals surface area (Å²) in [7, 11) is 0. The number of nitrogens with zero attached hydrogens (tertiary/aromatic N) is 2. The second kappa shape index (κ2) is 7.48. The Labute approximate surface area is 156 Å². The van der Waals surface area contributed by atoms with Crippen LogP contribution in [0, 0.1) is 0 Å². The summed E-state index contributed by atoms with van der Waals surface area (Å²) in [6.07, 6.45) is 1.66. The Morgan fingerprint density at radius 1 is 0.769 bits per heavy atom. The summed E-state index contributed by atoms with van der Waals surface area (Å²) in [5.74, 6) is 0.763. The molecule has 1 saturated heterocycles. The molecule has 2 atom stereocenters. The minimum absolute atomic E-state index is 0.360. The zero-order valence-electron chi connectivity index (χ0n) is 16.2. The second-order valence-corrected chi connectivity index (χ2v) is 7.34. The summed E-state index contributed by atoms with van der Waals surface area (Å²) < 4.78 is 0. The average molecular weight is 354 g/mol. The van der Waals surface area contributed by atoms with Gasteiger partial charge in [0.25, 0.3) is 0 Å². The number of phenolic OH excluding ortho intramolecular Hbond substituents is 2. The van der Waals surface area contributed by atoms with Crippen molar-refractivity contribution in [1.82, 2.24) is 0 Å². The molecule has 0 aromatic heterocycles. The molecule has 0 radical (unpaired) electrons. The van der Waals surface area contributed by atoms with Crippen molar-refractivity contribution in [2.45, 2.75) is 52.6 Å². The van der Waals surface area contributed by atoms with Crippen LogP contribution in [0.15, 0.2) is 36.4 Å². The van der Waals surface area contributed by atoms with E-state index < -0.39 is 0 Å². The molecular weight excluding hydrogens is 324 g/mol. The topological polar surface area (TPSA) is 46.9 Å². The molecule has 0 aliphatic carbocycles. The maximum Gasteiger partial charge on any atom is 0.118 e. The minimum atomic E-state index is 0.360. The van der Waals surface area contributed by atoms with Gasteiger partial charge in [-0.2, -0.15) is 0 Å². The van der Waals surface area contributed by atoms with Crippen molar-refractivity contribution < 1.29 is 10.2 Å². The largest absolute Gasteiger partial charge is 0.508 e. The van der Waals surface area contributed by atoms with Crippen LogP contribution in [0.25, 0.3) is 0 Å². The lowest BCUT2D eigenvalue weighted by atomic mass is 10.0. The Morgan fingerprint density at radius 2 is 1.15 bits per heavy atom. The highest BCUT2D eigenvalue weighted by Crippen LogP contribution is 2.32. The lowest BCUT2D eigenvalue weighted by Gasteiger charge is -2.46. The fourth-order valence-corrected chi connectivity index (χ4v) is 3.91. The van der Waals surface area contributed by atoms with Crippen LogP contribution < -0.4 is 9.80 Å². The lowest BCUT2D eigenvalue weighted by molar-refractivity contribution is 0.464. The number of anilines is 2. The molecule has 140 valence electrons. The number of hydrogen-bond donors (Lipinski definition) is 2. The zero-order valence-corrected chi connectivity index (χ0v) is 16.2. The molecule has 2 aromatic rings. The van der Waals surface area contributed by atoms with E-state index in [4.69, 9.17) is 0 Å². The molecule has 1 aliphatic rings. The molecule has 2 N–H and O–H groups in total. The molecule has 3 rings (SSSR count). The van der Waals surface area contributed by atoms with Gasteiger partial charge in [-0.25, -0.2) is 0 Å². The van der Waals surface area contributed by atoms with Crippen molar-refractivity contribution in [1.29, 1.82) is 0 Å². The zero-order chi connectivity index (χ0) is 18.8. The van der Waals surface area contributed by atoms with Crippen LogP contribution in [0.1, 0.15) is 38.8 Å². The van der Waals surface area contributed by atoms with Crippen molar-refractivity contribution in [3.8, 4) is 11.5 Å². The fourth-order valence-electron chi connectivity index (χ4n) is 3.91. The molecule has 0 bridgehead atoms. The molecule has 26 heavy (non-hydrogen) atoms. The fraction of sp³-hybridized carbons (Fsp3) is 0.455. The average Bonchev–Trinajstić information content (AvgIpc) is 2.64. The van der Waals surface area contributed by atoms with Gasteiger partial charge in [0, 0.05) is 36.5 Å². The standard InChI is InChI=1S/C22H30N2O2/c1-5-17-11-19(7-9-21(17)25)23-13-16(4)24(14-15(23)3)20-8-10-22(26)18(6-2)12-20/h7-12,15-16,25-26H,5-6,13-14H2,1-4H3. The minimum Gasteiger partial charge on any atom is -0.508 e. The number of aromatic hydroxyl groups is 2. The van der Waals surface area contributed by atoms with Crippen LogP contribution in [0.2, 0.25) is 0 Å². The predicted molar refractivity (Wildman–Crippen MR) is 109 cm³/mol. The first-order valence-electron chi connectivity index (χ1n) is 9.61. The first-order valence-corrected chi connectivity index (χ1v) is 9.61. The van der Waals surface area contributed by atoms with Gasteiger partial charge in [-0.15, -0.1) is 0 Å². The summed E-state index contributed by atoms with van der Waals surface area (Å²) in [5.41, 5.74) is 4.35. The first kappa shape index (κ1) is 18.4. The first-order chi connectivity index (χ1) is 12.4. The van der Waals surface area contributed by atoms with Crippen LogP contribution in [-0.4, -0.2) is 35.4 Å². The van der Waals surface area contributed by atoms with E-state index in [1.54, 1.807) is 0 Å². The Bertz CT molecular complexity index is 709. The van der Waals surface area contributed by atoms with E-state index in [0.717, 1.165) is 37.1 Å². The molecule has 0 amide bonds. The molecule has 1 aliphatic heterocycles. The Hall–Kier alpha value is -2.36. The Morgan fingerprint density at radius 3 is 1.50 bits per heavy atom. The quantitative estimate of drug-likeness (QED) is 0.858. The Balaban J connectivity index is 1.83. The van der Waals surface area contributed by atoms with Gasteiger partial charge in [0.2, 0.25) is 0 Å². The van der Waals surface area contributed by atoms with Crippen molar-refractivity contribution >= 4 is 11.4 Å². The van der Waals surface area contributed by atoms with Gasteiger partial charge in [-0.3, -0.25) is 0 Å². The molecule has 4 heteroatoms. The van der Waals surface area contributed by atoms with Crippen molar-refractivity contribution in [3.05, 3.63) is 47.5 Å². The second-order valence-electron chi connectivity index (χ2n) is 7.34. The maximum atomic E-state index is 9.97. The van der Waals surface area contributed by atoms with E-state index in [0.29, 0.717) is 23.6 Å². The van der Waals surface area contributed by atoms with Crippen LogP contribution in [-0.2, 0) is 12.8 Å². The Kier molecular flexibility index (Phi) is 5.30. The molecule has 1 fully saturated rings. The number of benzene rings is 2. The lowest BCUT2D eigenvalue weighted by Crippen LogP contribution is -2.56. The normalized spacial score (nSPS) is 20.5. The predicted octanol–water partition coefficient (Wildman–Crippen LogP) is 4.33. The number of rotatable bonds is 4. The number of piperazine rings is 1. The van der Waals surface area contributed by atoms with E-state index in [1.165, 1.54) is 11.4 Å². The van der Waals surface area contributed by atoms with E-state index in [-0.39, 0.29) is 0 Å². The SMILES string of the molecule is CCc1cc(N2CC(C)N(c3ccc(O)c(CC)c3)CC2C)ccc1O. The van der Waals surface area contributed by atoms with Gasteiger partial charge >= 0.3 is 0 Å². The van der Waals surface area contributed by atoms with Crippen molar-refractivity contribution in [2.24, 2.45) is 0 Å². The van der Waals surface area contributed by atoms with Crippen molar-refractivity contribution in [2.75, 3.05) is 22.9 Å². The van der Waals surface area contributed by atoms with E-state index in [1.807, 2.05) is 24.3 Å². The van der Waals surface area contributed by atoms with Crippen molar-refractivity contribution in [3.63, 3.8) is 0 Å². The monoisotopic (exact) mass is 354 g/mol. The van der Waals surface area contributed by atoms with Gasteiger partial charge in [-0.1, -0.05) is 13.8 Å². The van der Waals surface area contributed by atoms with Gasteiger partial charge in [0.1, 0.15) is 11.5 Å². The van der Waals surface area contributed by atoms with Gasteiger partial charge in [0.15, 0.2) is 0 Å². The summed E-state index contributed by atoms with van der Waals surface area (Å²) in [5, 5.41) is 19.9. The highest BCUT2D eigenvalue weighted by atomic mass is 16.3. The summed E-state index contributed by atoms with van der Waals surface area (Å²) >= 11 is 0. The number of hydrogen-bond acceptors (Lipinski definition) is 4. The van der Waals surface area contributed by atoms with Gasteiger partial charge in [0.05, 0.1) is 0 Å². The maximum absolute atomic E-state index is 9.97. The van der Waals surface area contributed by atoms with Crippen LogP contribution >= 0.6 is 0 Å². The summed E-state index contributed by atoms with van der Waals surface area (Å²) in [6.45, 7) is 10.5. The third-order valence-electron chi connectivity index (χ3n) is 5.54. The van der Waals surface area contributed by atoms with Crippen LogP contribution in [0.4, 0.5) is 11.4 Å². The molecule has 0 saturated carbocycles. The summed E-state index contributed by atoms with van der Waals surface area (Å²) in [6, 6.07) is 12.6. The van der Waals surface area contributed by atoms with E-state index in [2.05, 4.69) is 49.6 Å². The molecule has 4 nitrogen and oxygen atoms in total. The highest BCUT2D eigenvalue weighted by molar-refractivity contribution is 5.58.